The van der Waals surface area contributed by atoms with Crippen molar-refractivity contribution < 1.29 is 48.0 Å². The summed E-state index contributed by atoms with van der Waals surface area (Å²) in [5, 5.41) is 35.9. The number of unbranched alkanes of at least 4 members (excludes halogenated alkanes) is 1. The predicted octanol–water partition coefficient (Wildman–Crippen LogP) is 13.3. The zero-order valence-electron chi connectivity index (χ0n) is 43.9. The Kier molecular flexibility index (Phi) is 19.4. The van der Waals surface area contributed by atoms with Gasteiger partial charge in [0.25, 0.3) is 23.2 Å². The summed E-state index contributed by atoms with van der Waals surface area (Å²) in [5.41, 5.74) is -0.192. The highest BCUT2D eigenvalue weighted by Crippen LogP contribution is 2.69. The molecule has 0 bridgehead atoms. The molecule has 0 spiro atoms. The summed E-state index contributed by atoms with van der Waals surface area (Å²) >= 11 is 3.94. The lowest BCUT2D eigenvalue weighted by Crippen LogP contribution is -2.39. The van der Waals surface area contributed by atoms with E-state index in [9.17, 15) is 49.5 Å². The highest BCUT2D eigenvalue weighted by Gasteiger charge is 2.47. The number of amides is 2. The number of nitro groups is 2. The smallest absolute Gasteiger partial charge is 0.350 e. The van der Waals surface area contributed by atoms with Crippen LogP contribution in [-0.4, -0.2) is 56.2 Å². The van der Waals surface area contributed by atoms with Gasteiger partial charge in [0.2, 0.25) is 0 Å². The fourth-order valence-corrected chi connectivity index (χ4v) is 14.5. The van der Waals surface area contributed by atoms with Crippen LogP contribution in [0.2, 0.25) is 0 Å². The molecule has 0 N–H and O–H groups in total. The number of non-ortho nitro benzene ring substituents is 2. The van der Waals surface area contributed by atoms with Crippen LogP contribution < -0.4 is 9.47 Å². The number of hydrogen-bond donors (Lipinski definition) is 0. The first-order valence-electron chi connectivity index (χ1n) is 24.8. The molecular formula is C54H63N5O12S4. The Bertz CT molecular complexity index is 2690. The topological polar surface area (TPSA) is 230 Å². The third-order valence-electron chi connectivity index (χ3n) is 12.3. The zero-order valence-corrected chi connectivity index (χ0v) is 47.2. The molecule has 6 rings (SSSR count). The molecule has 0 saturated carbocycles. The van der Waals surface area contributed by atoms with E-state index in [2.05, 4.69) is 48.5 Å². The van der Waals surface area contributed by atoms with Crippen LogP contribution in [0.5, 0.6) is 11.5 Å². The molecule has 400 valence electrons. The summed E-state index contributed by atoms with van der Waals surface area (Å²) in [6.07, 6.45) is 5.00. The van der Waals surface area contributed by atoms with Crippen LogP contribution in [0.3, 0.4) is 0 Å². The van der Waals surface area contributed by atoms with Crippen molar-refractivity contribution in [1.29, 1.82) is 5.26 Å². The van der Waals surface area contributed by atoms with Crippen molar-refractivity contribution in [3.05, 3.63) is 99.5 Å². The minimum Gasteiger partial charge on any atom is -0.461 e. The Morgan fingerprint density at radius 1 is 0.693 bits per heavy atom. The molecule has 0 aromatic heterocycles. The van der Waals surface area contributed by atoms with E-state index in [1.165, 1.54) is 58.5 Å². The minimum absolute atomic E-state index is 0.0219. The van der Waals surface area contributed by atoms with Gasteiger partial charge in [0.05, 0.1) is 57.6 Å². The Hall–Kier alpha value is -5.82. The third-order valence-corrected chi connectivity index (χ3v) is 17.5. The second-order valence-corrected chi connectivity index (χ2v) is 26.1. The molecular weight excluding hydrogens is 1040 g/mol. The average Bonchev–Trinajstić information content (AvgIpc) is 4.01. The van der Waals surface area contributed by atoms with E-state index in [1.807, 2.05) is 26.8 Å². The molecule has 1 saturated heterocycles. The Labute approximate surface area is 454 Å². The van der Waals surface area contributed by atoms with Crippen LogP contribution in [-0.2, 0) is 41.8 Å². The lowest BCUT2D eigenvalue weighted by atomic mass is 9.84. The summed E-state index contributed by atoms with van der Waals surface area (Å²) in [4.78, 5) is 94.8. The van der Waals surface area contributed by atoms with Crippen molar-refractivity contribution in [2.24, 2.45) is 28.6 Å². The van der Waals surface area contributed by atoms with Crippen molar-refractivity contribution >= 4 is 88.1 Å². The highest BCUT2D eigenvalue weighted by atomic mass is 32.2. The SMILES string of the molecule is CCCCC(CC)COC(=O)C(C#N)=C1Sc2c(OC(=O)CC(C)CC(C)(C)C)c3c(c(OC(=O)CC(C)CC(C)(C)C)c2S1)SC(=C1C(=O)N(Cc2ccc([N+](=O)[O-])cc2)N(Cc2ccc([N+](=O)[O-])cc2)C1=O)S3. The molecule has 3 unspecified atom stereocenters. The molecule has 3 aromatic carbocycles. The molecule has 0 aliphatic carbocycles. The number of hydrogen-bond acceptors (Lipinski definition) is 17. The molecule has 3 heterocycles. The normalized spacial score (nSPS) is 15.6. The number of esters is 3. The lowest BCUT2D eigenvalue weighted by Gasteiger charge is -2.27. The van der Waals surface area contributed by atoms with Crippen LogP contribution in [0.1, 0.15) is 132 Å². The number of thioether (sulfide) groups is 4. The highest BCUT2D eigenvalue weighted by molar-refractivity contribution is 8.26. The van der Waals surface area contributed by atoms with Crippen molar-refractivity contribution in [3.63, 3.8) is 0 Å². The van der Waals surface area contributed by atoms with E-state index >= 15 is 0 Å². The molecule has 0 radical (unpaired) electrons. The van der Waals surface area contributed by atoms with Gasteiger partial charge in [-0.25, -0.2) is 14.8 Å². The van der Waals surface area contributed by atoms with Crippen LogP contribution in [0.4, 0.5) is 11.4 Å². The number of carbonyl (C=O) groups is 5. The van der Waals surface area contributed by atoms with Gasteiger partial charge in [0.1, 0.15) is 11.6 Å². The van der Waals surface area contributed by atoms with E-state index in [1.54, 1.807) is 0 Å². The van der Waals surface area contributed by atoms with Crippen molar-refractivity contribution in [2.45, 2.75) is 153 Å². The lowest BCUT2D eigenvalue weighted by molar-refractivity contribution is -0.385. The number of rotatable bonds is 21. The minimum atomic E-state index is -0.822. The monoisotopic (exact) mass is 1100 g/mol. The molecule has 75 heavy (non-hydrogen) atoms. The summed E-state index contributed by atoms with van der Waals surface area (Å²) in [6.45, 7) is 20.1. The fraction of sp³-hybridized carbons (Fsp3) is 0.481. The van der Waals surface area contributed by atoms with Crippen molar-refractivity contribution in [3.8, 4) is 17.6 Å². The molecule has 1 fully saturated rings. The van der Waals surface area contributed by atoms with E-state index in [0.717, 1.165) is 72.7 Å². The van der Waals surface area contributed by atoms with Gasteiger partial charge in [0, 0.05) is 37.1 Å². The maximum Gasteiger partial charge on any atom is 0.350 e. The number of fused-ring (bicyclic) bond motifs is 2. The predicted molar refractivity (Wildman–Crippen MR) is 288 cm³/mol. The summed E-state index contributed by atoms with van der Waals surface area (Å²) in [7, 11) is 0. The standard InChI is InChI=1S/C54H63N5O12S4/c1-11-13-14-33(12-2)30-69-50(64)38(27-55)51-72-44-42(70-39(60)23-31(3)25-53(5,6)7)46-47(43(45(44)73-51)71-40(61)24-32(4)26-54(8,9)10)75-52(74-46)41-48(62)56(28-34-15-19-36(20-16-34)58(65)66)57(49(41)63)29-35-17-21-37(22-18-35)59(67)68/h15-22,31-33H,11-14,23-26,28-30H2,1-10H3. The van der Waals surface area contributed by atoms with Crippen LogP contribution in [0.25, 0.3) is 0 Å². The largest absolute Gasteiger partial charge is 0.461 e. The number of hydrazine groups is 1. The fourth-order valence-electron chi connectivity index (χ4n) is 9.09. The summed E-state index contributed by atoms with van der Waals surface area (Å²) in [5.74, 6) is -3.49. The van der Waals surface area contributed by atoms with Crippen LogP contribution in [0.15, 0.2) is 87.7 Å². The second kappa shape index (κ2) is 24.9. The molecule has 17 nitrogen and oxygen atoms in total. The van der Waals surface area contributed by atoms with Gasteiger partial charge in [-0.1, -0.05) is 160 Å². The summed E-state index contributed by atoms with van der Waals surface area (Å²) < 4.78 is 18.9. The van der Waals surface area contributed by atoms with Crippen molar-refractivity contribution in [1.82, 2.24) is 10.0 Å². The zero-order chi connectivity index (χ0) is 55.1. The molecule has 3 aliphatic heterocycles. The number of carbonyl (C=O) groups excluding carboxylic acids is 5. The van der Waals surface area contributed by atoms with Gasteiger partial charge >= 0.3 is 17.9 Å². The maximum atomic E-state index is 14.9. The van der Waals surface area contributed by atoms with Gasteiger partial charge in [-0.15, -0.1) is 0 Å². The molecule has 21 heteroatoms. The Morgan fingerprint density at radius 2 is 1.11 bits per heavy atom. The maximum absolute atomic E-state index is 14.9. The van der Waals surface area contributed by atoms with E-state index in [4.69, 9.17) is 14.2 Å². The summed E-state index contributed by atoms with van der Waals surface area (Å²) in [6, 6.07) is 13.0. The first-order valence-corrected chi connectivity index (χ1v) is 28.1. The van der Waals surface area contributed by atoms with E-state index in [0.29, 0.717) is 24.0 Å². The van der Waals surface area contributed by atoms with E-state index in [-0.39, 0.29) is 123 Å². The number of nitriles is 1. The molecule has 3 aromatic rings. The van der Waals surface area contributed by atoms with Crippen LogP contribution >= 0.6 is 47.0 Å². The number of ether oxygens (including phenoxy) is 3. The van der Waals surface area contributed by atoms with E-state index < -0.39 is 39.6 Å². The molecule has 2 amide bonds. The van der Waals surface area contributed by atoms with Gasteiger partial charge in [-0.3, -0.25) is 39.4 Å². The third kappa shape index (κ3) is 15.0. The first kappa shape index (κ1) is 58.4. The Balaban J connectivity index is 1.50. The average molecular weight is 1100 g/mol. The van der Waals surface area contributed by atoms with Gasteiger partial charge in [-0.05, 0) is 59.0 Å². The van der Waals surface area contributed by atoms with Gasteiger partial charge in [-0.2, -0.15) is 5.26 Å². The molecule has 3 aliphatic rings. The quantitative estimate of drug-likeness (QED) is 0.0184. The van der Waals surface area contributed by atoms with Crippen molar-refractivity contribution in [2.75, 3.05) is 6.61 Å². The van der Waals surface area contributed by atoms with Crippen LogP contribution in [0, 0.1) is 60.1 Å². The molecule has 3 atom stereocenters. The second-order valence-electron chi connectivity index (χ2n) is 21.5. The van der Waals surface area contributed by atoms with Gasteiger partial charge in [0.15, 0.2) is 17.1 Å². The van der Waals surface area contributed by atoms with Gasteiger partial charge < -0.3 is 14.2 Å². The number of benzene rings is 3. The first-order chi connectivity index (χ1) is 35.3. The number of nitro benzene ring substituents is 2. The number of nitrogens with zero attached hydrogens (tertiary/aromatic N) is 5. The Morgan fingerprint density at radius 3 is 1.47 bits per heavy atom.